The van der Waals surface area contributed by atoms with Crippen LogP contribution < -0.4 is 10.1 Å². The van der Waals surface area contributed by atoms with Gasteiger partial charge < -0.3 is 29.1 Å². The Balaban J connectivity index is 1.68. The first kappa shape index (κ1) is 41.9. The average Bonchev–Trinajstić information content (AvgIpc) is 3.44. The van der Waals surface area contributed by atoms with Gasteiger partial charge in [0.25, 0.3) is 0 Å². The molecule has 2 heterocycles. The maximum absolute atomic E-state index is 14.3. The van der Waals surface area contributed by atoms with E-state index in [-0.39, 0.29) is 25.9 Å². The van der Waals surface area contributed by atoms with Gasteiger partial charge in [-0.3, -0.25) is 0 Å². The van der Waals surface area contributed by atoms with E-state index < -0.39 is 17.9 Å². The van der Waals surface area contributed by atoms with Crippen molar-refractivity contribution in [1.82, 2.24) is 14.9 Å². The molecule has 1 aliphatic rings. The number of carbonyl (C=O) groups is 2. The zero-order valence-corrected chi connectivity index (χ0v) is 33.9. The number of nitrogens with one attached hydrogen (secondary N) is 2. The van der Waals surface area contributed by atoms with E-state index in [1.54, 1.807) is 13.8 Å². The monoisotopic (exact) mass is 745 g/mol. The summed E-state index contributed by atoms with van der Waals surface area (Å²) >= 11 is 5.77. The van der Waals surface area contributed by atoms with Crippen LogP contribution in [-0.2, 0) is 32.0 Å². The normalized spacial score (nSPS) is 14.6. The zero-order valence-electron chi connectivity index (χ0n) is 33.1. The maximum atomic E-state index is 14.3. The number of ether oxygens (including phenoxy) is 3. The highest BCUT2D eigenvalue weighted by molar-refractivity contribution is 7.71. The van der Waals surface area contributed by atoms with Crippen molar-refractivity contribution >= 4 is 35.2 Å². The van der Waals surface area contributed by atoms with Gasteiger partial charge in [-0.2, -0.15) is 0 Å². The van der Waals surface area contributed by atoms with Crippen molar-refractivity contribution in [3.05, 3.63) is 80.9 Å². The largest absolute Gasteiger partial charge is 0.491 e. The molecular weight excluding hydrogens is 683 g/mol. The van der Waals surface area contributed by atoms with E-state index in [4.69, 9.17) is 26.4 Å². The highest BCUT2D eigenvalue weighted by Crippen LogP contribution is 2.45. The molecule has 1 atom stereocenters. The third-order valence-corrected chi connectivity index (χ3v) is 10.3. The lowest BCUT2D eigenvalue weighted by molar-refractivity contribution is -0.139. The van der Waals surface area contributed by atoms with Gasteiger partial charge in [0.15, 0.2) is 4.77 Å². The summed E-state index contributed by atoms with van der Waals surface area (Å²) in [6.07, 6.45) is 17.3. The number of dihydropyridines is 1. The Hall–Kier alpha value is -3.85. The first-order chi connectivity index (χ1) is 25.7. The molecule has 2 N–H and O–H groups in total. The van der Waals surface area contributed by atoms with Gasteiger partial charge in [-0.25, -0.2) is 9.59 Å². The number of hydrogen-bond donors (Lipinski definition) is 2. The summed E-state index contributed by atoms with van der Waals surface area (Å²) in [6, 6.07) is 14.0. The lowest BCUT2D eigenvalue weighted by Crippen LogP contribution is -2.35. The van der Waals surface area contributed by atoms with Crippen molar-refractivity contribution in [3.63, 3.8) is 0 Å². The summed E-state index contributed by atoms with van der Waals surface area (Å²) < 4.78 is 20.4. The first-order valence-corrected chi connectivity index (χ1v) is 20.6. The van der Waals surface area contributed by atoms with E-state index >= 15 is 0 Å². The zero-order chi connectivity index (χ0) is 38.2. The number of benzene rings is 2. The van der Waals surface area contributed by atoms with Crippen molar-refractivity contribution in [2.45, 2.75) is 150 Å². The number of esters is 2. The van der Waals surface area contributed by atoms with Crippen LogP contribution in [0.5, 0.6) is 5.75 Å². The quantitative estimate of drug-likeness (QED) is 0.0567. The summed E-state index contributed by atoms with van der Waals surface area (Å²) in [6.45, 7) is 12.4. The van der Waals surface area contributed by atoms with Gasteiger partial charge in [0.05, 0.1) is 54.0 Å². The van der Waals surface area contributed by atoms with Crippen LogP contribution in [0.4, 0.5) is 0 Å². The number of aromatic amines is 1. The highest BCUT2D eigenvalue weighted by atomic mass is 32.1. The fraction of sp³-hybridized carbons (Fsp3) is 0.568. The molecule has 53 heavy (non-hydrogen) atoms. The summed E-state index contributed by atoms with van der Waals surface area (Å²) in [5, 5.41) is 3.44. The minimum absolute atomic E-state index is 0.128. The second-order valence-electron chi connectivity index (χ2n) is 14.5. The predicted octanol–water partition coefficient (Wildman–Crippen LogP) is 11.2. The summed E-state index contributed by atoms with van der Waals surface area (Å²) in [5.74, 6) is -1.10. The molecule has 1 unspecified atom stereocenters. The number of nitrogens with zero attached hydrogens (tertiary/aromatic N) is 1. The Morgan fingerprint density at radius 3 is 1.96 bits per heavy atom. The third kappa shape index (κ3) is 11.6. The molecule has 4 rings (SSSR count). The van der Waals surface area contributed by atoms with Crippen LogP contribution in [0, 0.1) is 4.77 Å². The smallest absolute Gasteiger partial charge is 0.336 e. The Morgan fingerprint density at radius 1 is 0.774 bits per heavy atom. The molecule has 9 heteroatoms. The Labute approximate surface area is 322 Å². The van der Waals surface area contributed by atoms with E-state index in [1.165, 1.54) is 70.6 Å². The van der Waals surface area contributed by atoms with Crippen LogP contribution in [0.1, 0.15) is 142 Å². The summed E-state index contributed by atoms with van der Waals surface area (Å²) in [5.41, 5.74) is 5.66. The SMILES string of the molecule is CCCCCCCCCCCCCCCc1cccc(OC(C)C)c1C1C(C(=O)OCC)=C(C)NC(Cn2c(=S)[nH]c3ccccc32)=C1C(=O)OCC. The van der Waals surface area contributed by atoms with Gasteiger partial charge in [0, 0.05) is 17.0 Å². The highest BCUT2D eigenvalue weighted by Gasteiger charge is 2.41. The molecule has 290 valence electrons. The molecule has 0 amide bonds. The van der Waals surface area contributed by atoms with Crippen LogP contribution in [0.15, 0.2) is 65.0 Å². The van der Waals surface area contributed by atoms with Crippen molar-refractivity contribution in [2.75, 3.05) is 13.2 Å². The molecule has 0 saturated carbocycles. The molecule has 0 fully saturated rings. The molecule has 0 saturated heterocycles. The number of hydrogen-bond acceptors (Lipinski definition) is 7. The van der Waals surface area contributed by atoms with Crippen LogP contribution in [0.2, 0.25) is 0 Å². The number of aromatic nitrogens is 2. The number of unbranched alkanes of at least 4 members (excludes halogenated alkanes) is 12. The second-order valence-corrected chi connectivity index (χ2v) is 14.8. The van der Waals surface area contributed by atoms with Gasteiger partial charge in [0.2, 0.25) is 0 Å². The maximum Gasteiger partial charge on any atom is 0.336 e. The molecule has 8 nitrogen and oxygen atoms in total. The van der Waals surface area contributed by atoms with Gasteiger partial charge in [-0.05, 0) is 83.4 Å². The van der Waals surface area contributed by atoms with Gasteiger partial charge in [-0.1, -0.05) is 108 Å². The van der Waals surface area contributed by atoms with Crippen LogP contribution in [0.3, 0.4) is 0 Å². The topological polar surface area (TPSA) is 94.6 Å². The number of para-hydroxylation sites is 2. The summed E-state index contributed by atoms with van der Waals surface area (Å²) in [4.78, 5) is 31.5. The molecule has 1 aliphatic heterocycles. The van der Waals surface area contributed by atoms with Gasteiger partial charge in [-0.15, -0.1) is 0 Å². The van der Waals surface area contributed by atoms with Crippen molar-refractivity contribution in [3.8, 4) is 5.75 Å². The first-order valence-electron chi connectivity index (χ1n) is 20.2. The molecule has 0 aliphatic carbocycles. The van der Waals surface area contributed by atoms with E-state index in [9.17, 15) is 9.59 Å². The lowest BCUT2D eigenvalue weighted by atomic mass is 9.77. The fourth-order valence-electron chi connectivity index (χ4n) is 7.49. The number of aryl methyl sites for hydroxylation is 1. The molecule has 2 aromatic carbocycles. The fourth-order valence-corrected chi connectivity index (χ4v) is 7.76. The lowest BCUT2D eigenvalue weighted by Gasteiger charge is -2.34. The standard InChI is InChI=1S/C44H63N3O5S/c1-7-10-11-12-13-14-15-16-17-18-19-20-21-25-33-26-24-29-37(52-31(4)5)39(33)41-38(42(48)50-8-2)32(6)45-35(40(41)43(49)51-9-3)30-47-36-28-23-22-27-34(36)46-44(47)53/h22-24,26-29,31,41,45H,7-21,25,30H2,1-6H3,(H,46,53). The molecule has 0 bridgehead atoms. The number of fused-ring (bicyclic) bond motifs is 1. The Bertz CT molecular complexity index is 1770. The predicted molar refractivity (Wildman–Crippen MR) is 218 cm³/mol. The van der Waals surface area contributed by atoms with Gasteiger partial charge >= 0.3 is 11.9 Å². The Morgan fingerprint density at radius 2 is 1.36 bits per heavy atom. The van der Waals surface area contributed by atoms with Crippen molar-refractivity contribution in [2.24, 2.45) is 0 Å². The third-order valence-electron chi connectivity index (χ3n) is 9.99. The number of rotatable bonds is 23. The molecule has 0 radical (unpaired) electrons. The number of carbonyl (C=O) groups excluding carboxylic acids is 2. The van der Waals surface area contributed by atoms with Gasteiger partial charge in [0.1, 0.15) is 5.75 Å². The van der Waals surface area contributed by atoms with E-state index in [1.807, 2.05) is 61.7 Å². The Kier molecular flexibility index (Phi) is 17.2. The molecule has 1 aromatic heterocycles. The van der Waals surface area contributed by atoms with Crippen molar-refractivity contribution in [1.29, 1.82) is 0 Å². The van der Waals surface area contributed by atoms with E-state index in [0.29, 0.717) is 33.1 Å². The number of imidazole rings is 1. The second kappa shape index (κ2) is 21.8. The summed E-state index contributed by atoms with van der Waals surface area (Å²) in [7, 11) is 0. The van der Waals surface area contributed by atoms with Crippen molar-refractivity contribution < 1.29 is 23.8 Å². The minimum Gasteiger partial charge on any atom is -0.491 e. The minimum atomic E-state index is -0.782. The van der Waals surface area contributed by atoms with Crippen LogP contribution in [-0.4, -0.2) is 40.8 Å². The van der Waals surface area contributed by atoms with E-state index in [0.717, 1.165) is 41.4 Å². The number of H-pyrrole nitrogens is 1. The average molecular weight is 746 g/mol. The molecule has 3 aromatic rings. The van der Waals surface area contributed by atoms with Crippen LogP contribution in [0.25, 0.3) is 11.0 Å². The van der Waals surface area contributed by atoms with Crippen LogP contribution >= 0.6 is 12.2 Å². The molecule has 0 spiro atoms. The molecular formula is C44H63N3O5S. The number of allylic oxidation sites excluding steroid dienone is 2. The van der Waals surface area contributed by atoms with E-state index in [2.05, 4.69) is 23.3 Å².